The molecule has 0 bridgehead atoms. The molecule has 410 valence electrons. The third-order valence-corrected chi connectivity index (χ3v) is 12.5. The summed E-state index contributed by atoms with van der Waals surface area (Å²) in [6.45, 7) is 5.79. The molecule has 25 heteroatoms. The van der Waals surface area contributed by atoms with E-state index < -0.39 is 114 Å². The average Bonchev–Trinajstić information content (AvgIpc) is 3.35. The number of aliphatic carboxylic acids is 1. The number of rotatable bonds is 34. The van der Waals surface area contributed by atoms with Gasteiger partial charge in [0.05, 0.1) is 18.7 Å². The molecule has 0 aliphatic carbocycles. The molecular formula is C49H76N12O11S2. The number of carboxylic acid groups (broad SMARTS) is 1. The van der Waals surface area contributed by atoms with Gasteiger partial charge in [0, 0.05) is 19.4 Å². The Bertz CT molecular complexity index is 2170. The molecule has 0 aromatic heterocycles. The van der Waals surface area contributed by atoms with Crippen molar-refractivity contribution in [3.8, 4) is 0 Å². The summed E-state index contributed by atoms with van der Waals surface area (Å²) in [7, 11) is 0. The normalized spacial score (nSPS) is 14.7. The second-order valence-corrected chi connectivity index (χ2v) is 20.0. The Labute approximate surface area is 441 Å². The molecule has 23 nitrogen and oxygen atoms in total. The van der Waals surface area contributed by atoms with Gasteiger partial charge in [-0.05, 0) is 87.0 Å². The van der Waals surface area contributed by atoms with Gasteiger partial charge in [-0.15, -0.1) is 0 Å². The Morgan fingerprint density at radius 1 is 0.581 bits per heavy atom. The molecule has 74 heavy (non-hydrogen) atoms. The van der Waals surface area contributed by atoms with Crippen molar-refractivity contribution in [2.75, 3.05) is 37.1 Å². The fourth-order valence-corrected chi connectivity index (χ4v) is 8.11. The molecule has 2 aromatic rings. The van der Waals surface area contributed by atoms with Gasteiger partial charge in [0.15, 0.2) is 5.96 Å². The van der Waals surface area contributed by atoms with Gasteiger partial charge in [-0.1, -0.05) is 74.5 Å². The molecule has 0 aliphatic rings. The number of carbonyl (C=O) groups excluding carboxylic acids is 8. The maximum atomic E-state index is 14.2. The van der Waals surface area contributed by atoms with Crippen molar-refractivity contribution < 1.29 is 53.4 Å². The van der Waals surface area contributed by atoms with E-state index in [4.69, 9.17) is 17.2 Å². The number of thioether (sulfide) groups is 2. The topological polar surface area (TPSA) is 381 Å². The number of carbonyl (C=O) groups is 9. The van der Waals surface area contributed by atoms with Crippen molar-refractivity contribution in [2.24, 2.45) is 28.1 Å². The molecule has 0 spiro atoms. The number of hydrogen-bond acceptors (Lipinski definition) is 14. The van der Waals surface area contributed by atoms with Crippen LogP contribution in [0.3, 0.4) is 0 Å². The SMILES string of the molecule is CSCC[C@H](NC(=O)[C@@H](NC(=O)[C@H](Cc1ccccc1)NC(=O)CNC(=O)[C@@H](N)CCSC)[C@@H](C)O)C(=O)N[C@@H](Cc1ccccc1)C(=O)N[C@@H](C)C(=O)N[C@@H](CCCN=C(N)N)C(=O)N[C@@H](CC(C)C)C(=O)O. The Hall–Kier alpha value is -6.44. The van der Waals surface area contributed by atoms with Crippen molar-refractivity contribution in [2.45, 2.75) is 127 Å². The fraction of sp³-hybridized carbons (Fsp3) is 0.551. The van der Waals surface area contributed by atoms with Gasteiger partial charge >= 0.3 is 5.97 Å². The highest BCUT2D eigenvalue weighted by Gasteiger charge is 2.35. The molecule has 0 radical (unpaired) electrons. The van der Waals surface area contributed by atoms with E-state index in [0.717, 1.165) is 0 Å². The third kappa shape index (κ3) is 24.5. The number of amides is 8. The molecule has 0 fully saturated rings. The second kappa shape index (κ2) is 34.1. The summed E-state index contributed by atoms with van der Waals surface area (Å²) in [6, 6.07) is 7.03. The maximum Gasteiger partial charge on any atom is 0.326 e. The highest BCUT2D eigenvalue weighted by molar-refractivity contribution is 7.98. The first-order valence-electron chi connectivity index (χ1n) is 24.2. The lowest BCUT2D eigenvalue weighted by atomic mass is 10.0. The van der Waals surface area contributed by atoms with Gasteiger partial charge < -0.3 is 69.9 Å². The lowest BCUT2D eigenvalue weighted by molar-refractivity contribution is -0.143. The summed E-state index contributed by atoms with van der Waals surface area (Å²) in [4.78, 5) is 125. The van der Waals surface area contributed by atoms with Crippen LogP contribution in [0.15, 0.2) is 65.7 Å². The number of carboxylic acids is 1. The Morgan fingerprint density at radius 3 is 1.57 bits per heavy atom. The van der Waals surface area contributed by atoms with E-state index in [9.17, 15) is 53.4 Å². The van der Waals surface area contributed by atoms with E-state index in [2.05, 4.69) is 47.5 Å². The number of guanidine groups is 1. The summed E-state index contributed by atoms with van der Waals surface area (Å²) >= 11 is 2.87. The van der Waals surface area contributed by atoms with Crippen LogP contribution in [0.1, 0.15) is 70.9 Å². The first kappa shape index (κ1) is 63.7. The monoisotopic (exact) mass is 1070 g/mol. The van der Waals surface area contributed by atoms with Crippen LogP contribution in [-0.4, -0.2) is 161 Å². The van der Waals surface area contributed by atoms with Crippen molar-refractivity contribution in [1.29, 1.82) is 0 Å². The van der Waals surface area contributed by atoms with Crippen LogP contribution in [0.25, 0.3) is 0 Å². The molecule has 2 rings (SSSR count). The van der Waals surface area contributed by atoms with Crippen molar-refractivity contribution in [3.05, 3.63) is 71.8 Å². The zero-order chi connectivity index (χ0) is 55.3. The minimum Gasteiger partial charge on any atom is -0.480 e. The zero-order valence-electron chi connectivity index (χ0n) is 42.9. The number of aliphatic hydroxyl groups excluding tert-OH is 1. The smallest absolute Gasteiger partial charge is 0.326 e. The van der Waals surface area contributed by atoms with Gasteiger partial charge in [0.2, 0.25) is 47.3 Å². The molecule has 0 saturated carbocycles. The summed E-state index contributed by atoms with van der Waals surface area (Å²) in [5.41, 5.74) is 18.0. The molecule has 2 aromatic carbocycles. The second-order valence-electron chi connectivity index (χ2n) is 18.0. The first-order valence-corrected chi connectivity index (χ1v) is 27.0. The van der Waals surface area contributed by atoms with Gasteiger partial charge in [-0.25, -0.2) is 4.79 Å². The van der Waals surface area contributed by atoms with Gasteiger partial charge in [0.25, 0.3) is 0 Å². The number of aliphatic hydroxyl groups is 1. The van der Waals surface area contributed by atoms with Crippen LogP contribution in [0.4, 0.5) is 0 Å². The number of nitrogens with two attached hydrogens (primary N) is 3. The molecule has 8 amide bonds. The quantitative estimate of drug-likeness (QED) is 0.0213. The van der Waals surface area contributed by atoms with Crippen LogP contribution >= 0.6 is 23.5 Å². The van der Waals surface area contributed by atoms with E-state index in [0.29, 0.717) is 29.1 Å². The average molecular weight is 1070 g/mol. The Balaban J connectivity index is 2.34. The number of hydrogen-bond donors (Lipinski definition) is 13. The molecular weight excluding hydrogens is 997 g/mol. The summed E-state index contributed by atoms with van der Waals surface area (Å²) in [5.74, 6) is -6.87. The van der Waals surface area contributed by atoms with E-state index in [1.807, 2.05) is 6.26 Å². The van der Waals surface area contributed by atoms with Crippen LogP contribution in [0, 0.1) is 5.92 Å². The number of nitrogens with zero attached hydrogens (tertiary/aromatic N) is 1. The summed E-state index contributed by atoms with van der Waals surface area (Å²) < 4.78 is 0. The largest absolute Gasteiger partial charge is 0.480 e. The van der Waals surface area contributed by atoms with E-state index >= 15 is 0 Å². The van der Waals surface area contributed by atoms with E-state index in [1.165, 1.54) is 37.4 Å². The highest BCUT2D eigenvalue weighted by Crippen LogP contribution is 2.11. The standard InChI is InChI=1S/C49H76N12O11S2/c1-28(2)24-38(48(71)72)60-43(66)34(18-13-21-53-49(51)52)57-41(64)29(3)55-45(68)37(26-32-16-11-8-12-17-32)59-44(67)35(20-23-74-6)58-47(70)40(30(4)62)61-46(69)36(25-31-14-9-7-10-15-31)56-39(63)27-54-42(65)33(50)19-22-73-5/h7-12,14-17,28-30,33-38,40,62H,13,18-27,50H2,1-6H3,(H,54,65)(H,55,68)(H,56,63)(H,57,64)(H,58,70)(H,59,67)(H,60,66)(H,61,69)(H,71,72)(H4,51,52,53)/t29-,30+,33-,34-,35-,36-,37-,38-,40-/m0/s1. The van der Waals surface area contributed by atoms with Gasteiger partial charge in [-0.3, -0.25) is 43.3 Å². The summed E-state index contributed by atoms with van der Waals surface area (Å²) in [6.07, 6.45) is 2.75. The Kier molecular flexibility index (Phi) is 29.4. The fourth-order valence-electron chi connectivity index (χ4n) is 7.15. The lowest BCUT2D eigenvalue weighted by Crippen LogP contribution is -2.61. The van der Waals surface area contributed by atoms with Gasteiger partial charge in [-0.2, -0.15) is 23.5 Å². The van der Waals surface area contributed by atoms with Crippen molar-refractivity contribution in [3.63, 3.8) is 0 Å². The minimum atomic E-state index is -1.65. The first-order chi connectivity index (χ1) is 35.1. The predicted octanol–water partition coefficient (Wildman–Crippen LogP) is -1.60. The van der Waals surface area contributed by atoms with E-state index in [-0.39, 0.29) is 56.9 Å². The van der Waals surface area contributed by atoms with Crippen LogP contribution in [-0.2, 0) is 56.0 Å². The third-order valence-electron chi connectivity index (χ3n) is 11.2. The van der Waals surface area contributed by atoms with Crippen LogP contribution in [0.2, 0.25) is 0 Å². The molecule has 16 N–H and O–H groups in total. The number of nitrogens with one attached hydrogen (secondary N) is 8. The van der Waals surface area contributed by atoms with Crippen LogP contribution < -0.4 is 59.7 Å². The molecule has 9 atom stereocenters. The summed E-state index contributed by atoms with van der Waals surface area (Å²) in [5, 5.41) is 41.1. The van der Waals surface area contributed by atoms with Gasteiger partial charge in [0.1, 0.15) is 42.3 Å². The number of aliphatic imine (C=N–C) groups is 1. The molecule has 0 aliphatic heterocycles. The predicted molar refractivity (Wildman–Crippen MR) is 285 cm³/mol. The Morgan fingerprint density at radius 2 is 1.05 bits per heavy atom. The zero-order valence-corrected chi connectivity index (χ0v) is 44.5. The molecule has 0 unspecified atom stereocenters. The van der Waals surface area contributed by atoms with Crippen molar-refractivity contribution in [1.82, 2.24) is 42.5 Å². The van der Waals surface area contributed by atoms with Crippen LogP contribution in [0.5, 0.6) is 0 Å². The number of benzene rings is 2. The van der Waals surface area contributed by atoms with Crippen molar-refractivity contribution >= 4 is 82.7 Å². The molecule has 0 saturated heterocycles. The van der Waals surface area contributed by atoms with E-state index in [1.54, 1.807) is 80.8 Å². The minimum absolute atomic E-state index is 0.00104. The molecule has 0 heterocycles. The maximum absolute atomic E-state index is 14.2. The highest BCUT2D eigenvalue weighted by atomic mass is 32.2. The lowest BCUT2D eigenvalue weighted by Gasteiger charge is -2.28.